The monoisotopic (exact) mass is 1090 g/mol. The van der Waals surface area contributed by atoms with Crippen molar-refractivity contribution in [3.05, 3.63) is 59.2 Å². The predicted octanol–water partition coefficient (Wildman–Crippen LogP) is 10.8. The highest BCUT2D eigenvalue weighted by Crippen LogP contribution is 2.60. The lowest BCUT2D eigenvalue weighted by atomic mass is 9.99. The van der Waals surface area contributed by atoms with Crippen LogP contribution in [0.1, 0.15) is 200 Å². The fourth-order valence-electron chi connectivity index (χ4n) is 8.44. The molecule has 424 valence electrons. The highest BCUT2D eigenvalue weighted by molar-refractivity contribution is 7.61. The zero-order chi connectivity index (χ0) is 54.0. The first-order valence-electron chi connectivity index (χ1n) is 27.5. The lowest BCUT2D eigenvalue weighted by Crippen LogP contribution is -2.36. The molecule has 3 rings (SSSR count). The van der Waals surface area contributed by atoms with Crippen LogP contribution in [0.25, 0.3) is 0 Å². The summed E-state index contributed by atoms with van der Waals surface area (Å²) < 4.78 is 62.6. The maximum Gasteiger partial charge on any atom is 0.481 e. The van der Waals surface area contributed by atoms with E-state index in [-0.39, 0.29) is 18.7 Å². The highest BCUT2D eigenvalue weighted by Gasteiger charge is 2.46. The number of esters is 2. The van der Waals surface area contributed by atoms with Crippen LogP contribution in [0.4, 0.5) is 5.82 Å². The van der Waals surface area contributed by atoms with Crippen LogP contribution in [-0.2, 0) is 51.0 Å². The van der Waals surface area contributed by atoms with E-state index in [9.17, 15) is 43.5 Å². The number of carbonyl (C=O) groups excluding carboxylic acids is 2. The summed E-state index contributed by atoms with van der Waals surface area (Å²) in [5.74, 6) is -0.516. The van der Waals surface area contributed by atoms with Crippen molar-refractivity contribution < 1.29 is 71.0 Å². The minimum atomic E-state index is -5.44. The van der Waals surface area contributed by atoms with Crippen molar-refractivity contribution >= 4 is 33.4 Å². The highest BCUT2D eigenvalue weighted by atomic mass is 31.3. The van der Waals surface area contributed by atoms with Gasteiger partial charge in [0.1, 0.15) is 30.7 Å². The number of allylic oxidation sites excluding steroid dienone is 5. The summed E-state index contributed by atoms with van der Waals surface area (Å²) >= 11 is 0. The summed E-state index contributed by atoms with van der Waals surface area (Å²) in [4.78, 5) is 62.0. The lowest BCUT2D eigenvalue weighted by molar-refractivity contribution is -0.161. The van der Waals surface area contributed by atoms with Gasteiger partial charge in [-0.2, -0.15) is 9.29 Å². The molecule has 0 bridgehead atoms. The Morgan fingerprint density at radius 3 is 1.96 bits per heavy atom. The first kappa shape index (κ1) is 65.2. The van der Waals surface area contributed by atoms with Crippen LogP contribution in [0.5, 0.6) is 0 Å². The number of carbonyl (C=O) groups is 2. The fourth-order valence-corrected chi connectivity index (χ4v) is 10.5. The molecular formula is C53H91N3O16P2. The normalized spacial score (nSPS) is 22.3. The molecule has 1 aromatic heterocycles. The summed E-state index contributed by atoms with van der Waals surface area (Å²) in [7, 11) is -10.9. The molecule has 0 aromatic carbocycles. The van der Waals surface area contributed by atoms with E-state index in [2.05, 4.69) is 54.4 Å². The summed E-state index contributed by atoms with van der Waals surface area (Å²) in [5.41, 5.74) is 4.59. The quantitative estimate of drug-likeness (QED) is 0.0133. The second-order valence-corrected chi connectivity index (χ2v) is 22.8. The van der Waals surface area contributed by atoms with Gasteiger partial charge in [-0.1, -0.05) is 173 Å². The number of aliphatic hydroxyl groups excluding tert-OH is 2. The second kappa shape index (κ2) is 37.7. The average Bonchev–Trinajstić information content (AvgIpc) is 4.05. The van der Waals surface area contributed by atoms with Gasteiger partial charge in [0, 0.05) is 19.0 Å². The van der Waals surface area contributed by atoms with E-state index in [1.807, 2.05) is 12.2 Å². The van der Waals surface area contributed by atoms with Gasteiger partial charge < -0.3 is 44.7 Å². The van der Waals surface area contributed by atoms with Crippen molar-refractivity contribution in [1.29, 1.82) is 0 Å². The number of nitrogens with zero attached hydrogens (tertiary/aromatic N) is 2. The number of aliphatic hydroxyl groups is 2. The predicted molar refractivity (Wildman–Crippen MR) is 284 cm³/mol. The smallest absolute Gasteiger partial charge is 0.462 e. The maximum atomic E-state index is 12.9. The molecule has 74 heavy (non-hydrogen) atoms. The first-order valence-corrected chi connectivity index (χ1v) is 30.5. The maximum absolute atomic E-state index is 12.9. The molecule has 1 aromatic rings. The number of hydrogen-bond donors (Lipinski definition) is 5. The Labute approximate surface area is 440 Å². The molecule has 0 radical (unpaired) electrons. The number of nitrogens with two attached hydrogens (primary N) is 1. The molecule has 19 nitrogen and oxygen atoms in total. The Hall–Kier alpha value is -3.06. The Bertz CT molecular complexity index is 1970. The Morgan fingerprint density at radius 2 is 1.32 bits per heavy atom. The summed E-state index contributed by atoms with van der Waals surface area (Å²) in [5, 5.41) is 20.9. The molecule has 3 heterocycles. The Kier molecular flexibility index (Phi) is 33.2. The van der Waals surface area contributed by atoms with Gasteiger partial charge in [-0.25, -0.2) is 13.9 Å². The zero-order valence-electron chi connectivity index (χ0n) is 44.5. The number of hydrogen-bond acceptors (Lipinski definition) is 16. The molecule has 2 aliphatic rings. The van der Waals surface area contributed by atoms with Crippen LogP contribution in [0.3, 0.4) is 0 Å². The van der Waals surface area contributed by atoms with Crippen LogP contribution in [-0.4, -0.2) is 97.9 Å². The van der Waals surface area contributed by atoms with E-state index in [1.165, 1.54) is 96.0 Å². The van der Waals surface area contributed by atoms with Crippen molar-refractivity contribution in [2.75, 3.05) is 25.6 Å². The lowest BCUT2D eigenvalue weighted by Gasteiger charge is -2.21. The fraction of sp³-hybridized carbons (Fsp3) is 0.774. The van der Waals surface area contributed by atoms with Crippen LogP contribution in [0.15, 0.2) is 53.5 Å². The van der Waals surface area contributed by atoms with E-state index >= 15 is 0 Å². The molecule has 0 spiro atoms. The van der Waals surface area contributed by atoms with Gasteiger partial charge in [0.2, 0.25) is 0 Å². The number of anilines is 1. The zero-order valence-corrected chi connectivity index (χ0v) is 46.3. The van der Waals surface area contributed by atoms with Crippen molar-refractivity contribution in [3.63, 3.8) is 0 Å². The average molecular weight is 1090 g/mol. The summed E-state index contributed by atoms with van der Waals surface area (Å²) in [6, 6.07) is 1.25. The third-order valence-corrected chi connectivity index (χ3v) is 15.8. The molecule has 21 heteroatoms. The largest absolute Gasteiger partial charge is 0.481 e. The number of ether oxygens (including phenoxy) is 4. The molecule has 0 saturated carbocycles. The van der Waals surface area contributed by atoms with Crippen molar-refractivity contribution in [2.24, 2.45) is 5.92 Å². The number of aromatic nitrogens is 2. The van der Waals surface area contributed by atoms with Crippen LogP contribution < -0.4 is 11.4 Å². The van der Waals surface area contributed by atoms with E-state index in [0.717, 1.165) is 68.0 Å². The molecule has 6 N–H and O–H groups in total. The second-order valence-electron chi connectivity index (χ2n) is 19.7. The first-order chi connectivity index (χ1) is 35.5. The van der Waals surface area contributed by atoms with Crippen LogP contribution >= 0.6 is 15.6 Å². The number of unbranched alkanes of at least 4 members (excludes halogenated alkanes) is 16. The molecule has 0 aliphatic carbocycles. The van der Waals surface area contributed by atoms with Crippen molar-refractivity contribution in [1.82, 2.24) is 9.55 Å². The van der Waals surface area contributed by atoms with Gasteiger partial charge in [0.15, 0.2) is 12.3 Å². The number of phosphoric ester groups is 2. The van der Waals surface area contributed by atoms with Gasteiger partial charge in [-0.3, -0.25) is 23.2 Å². The SMILES string of the molecule is CCCCCC1OC1C/C=C\C/C=C\C/C=C\CCCC(=O)O[C@H](COC(=O)CCCCCCCCCCCCCCCCC(C)CC)COP(=O)(O)OP(=O)(O)OC[C@H]1O[C@@H](n2ccc(N)nc2=O)[C@H](O)[C@@H]1O. The third kappa shape index (κ3) is 29.5. The van der Waals surface area contributed by atoms with E-state index in [4.69, 9.17) is 33.7 Å². The molecule has 5 unspecified atom stereocenters. The molecular weight excluding hydrogens is 997 g/mol. The third-order valence-electron chi connectivity index (χ3n) is 13.2. The Morgan fingerprint density at radius 1 is 0.730 bits per heavy atom. The van der Waals surface area contributed by atoms with E-state index in [0.29, 0.717) is 31.5 Å². The minimum absolute atomic E-state index is 0.0284. The number of epoxide rings is 1. The summed E-state index contributed by atoms with van der Waals surface area (Å²) in [6.45, 7) is 4.45. The van der Waals surface area contributed by atoms with Gasteiger partial charge in [0.05, 0.1) is 25.4 Å². The van der Waals surface area contributed by atoms with Gasteiger partial charge in [-0.15, -0.1) is 0 Å². The van der Waals surface area contributed by atoms with Crippen molar-refractivity contribution in [2.45, 2.75) is 237 Å². The van der Waals surface area contributed by atoms with Gasteiger partial charge >= 0.3 is 33.3 Å². The van der Waals surface area contributed by atoms with Crippen LogP contribution in [0, 0.1) is 5.92 Å². The van der Waals surface area contributed by atoms with Gasteiger partial charge in [-0.05, 0) is 56.9 Å². The minimum Gasteiger partial charge on any atom is -0.462 e. The van der Waals surface area contributed by atoms with Crippen molar-refractivity contribution in [3.8, 4) is 0 Å². The van der Waals surface area contributed by atoms with Crippen LogP contribution in [0.2, 0.25) is 0 Å². The topological polar surface area (TPSA) is 278 Å². The van der Waals surface area contributed by atoms with E-state index < -0.39 is 83.7 Å². The summed E-state index contributed by atoms with van der Waals surface area (Å²) in [6.07, 6.45) is 34.0. The molecule has 10 atom stereocenters. The molecule has 0 amide bonds. The number of phosphoric acid groups is 2. The molecule has 2 saturated heterocycles. The Balaban J connectivity index is 1.38. The number of nitrogen functional groups attached to an aromatic ring is 1. The van der Waals surface area contributed by atoms with E-state index in [1.54, 1.807) is 0 Å². The standard InChI is InChI=1S/C53H91N3O16P2/c1-4-6-27-33-44-45(70-44)34-29-24-20-16-13-14-18-22-26-31-36-49(58)69-43(39-66-48(57)35-30-25-21-17-12-10-8-7-9-11-15-19-23-28-32-42(3)5-2)40-67-73(62,63)72-74(64,65)68-41-46-50(59)51(60)52(71-46)56-38-37-47(54)55-53(56)61/h13,16,18,22,24,29,37-38,42-46,50-52,59-60H,4-12,14-15,17,19-21,23,25-28,30-36,39-41H2,1-3H3,(H,62,63)(H,64,65)(H2,54,55,61)/b16-13-,22-18-,29-24-/t42?,43-,44?,45?,46-,50-,51-,52-/m1/s1. The van der Waals surface area contributed by atoms with Gasteiger partial charge in [0.25, 0.3) is 0 Å². The number of rotatable bonds is 44. The molecule has 2 aliphatic heterocycles. The molecule has 2 fully saturated rings.